The molecule has 2 rings (SSSR count). The highest BCUT2D eigenvalue weighted by Gasteiger charge is 2.06. The van der Waals surface area contributed by atoms with Crippen LogP contribution in [-0.2, 0) is 4.79 Å². The summed E-state index contributed by atoms with van der Waals surface area (Å²) in [4.78, 5) is 11.7. The first kappa shape index (κ1) is 13.6. The topological polar surface area (TPSA) is 54.9 Å². The van der Waals surface area contributed by atoms with Crippen molar-refractivity contribution in [2.75, 3.05) is 11.1 Å². The van der Waals surface area contributed by atoms with Gasteiger partial charge in [0.1, 0.15) is 5.51 Å². The Balaban J connectivity index is 1.90. The van der Waals surface area contributed by atoms with E-state index in [1.165, 1.54) is 23.1 Å². The van der Waals surface area contributed by atoms with Crippen LogP contribution in [0.2, 0.25) is 10.0 Å². The van der Waals surface area contributed by atoms with E-state index in [9.17, 15) is 4.79 Å². The van der Waals surface area contributed by atoms with Gasteiger partial charge in [0.2, 0.25) is 5.91 Å². The van der Waals surface area contributed by atoms with Crippen LogP contribution < -0.4 is 5.32 Å². The number of hydrogen-bond acceptors (Lipinski definition) is 5. The van der Waals surface area contributed by atoms with Crippen LogP contribution in [0.1, 0.15) is 0 Å². The number of hydrogen-bond donors (Lipinski definition) is 1. The second-order valence-electron chi connectivity index (χ2n) is 3.20. The second-order valence-corrected chi connectivity index (χ2v) is 6.13. The van der Waals surface area contributed by atoms with E-state index in [4.69, 9.17) is 23.2 Å². The summed E-state index contributed by atoms with van der Waals surface area (Å²) in [6.45, 7) is 0. The van der Waals surface area contributed by atoms with Crippen molar-refractivity contribution in [2.24, 2.45) is 0 Å². The zero-order valence-electron chi connectivity index (χ0n) is 8.89. The quantitative estimate of drug-likeness (QED) is 0.875. The number of benzene rings is 1. The van der Waals surface area contributed by atoms with Gasteiger partial charge in [0.25, 0.3) is 0 Å². The van der Waals surface area contributed by atoms with Gasteiger partial charge < -0.3 is 5.32 Å². The van der Waals surface area contributed by atoms with E-state index in [2.05, 4.69) is 15.5 Å². The first-order chi connectivity index (χ1) is 8.63. The molecule has 0 bridgehead atoms. The minimum absolute atomic E-state index is 0.145. The molecule has 8 heteroatoms. The SMILES string of the molecule is O=C(CSc1nncs1)Nc1cc(Cl)cc(Cl)c1. The molecule has 0 atom stereocenters. The molecule has 0 radical (unpaired) electrons. The number of halogens is 2. The first-order valence-corrected chi connectivity index (χ1v) is 7.40. The molecule has 0 aliphatic carbocycles. The molecule has 0 saturated heterocycles. The molecular weight excluding hydrogens is 313 g/mol. The van der Waals surface area contributed by atoms with Crippen molar-refractivity contribution >= 4 is 57.9 Å². The van der Waals surface area contributed by atoms with Crippen molar-refractivity contribution in [2.45, 2.75) is 4.34 Å². The van der Waals surface area contributed by atoms with Crippen molar-refractivity contribution in [3.8, 4) is 0 Å². The Bertz CT molecular complexity index is 528. The van der Waals surface area contributed by atoms with Gasteiger partial charge in [-0.3, -0.25) is 4.79 Å². The summed E-state index contributed by atoms with van der Waals surface area (Å²) in [7, 11) is 0. The maximum Gasteiger partial charge on any atom is 0.234 e. The van der Waals surface area contributed by atoms with E-state index in [0.717, 1.165) is 4.34 Å². The number of aromatic nitrogens is 2. The molecule has 0 saturated carbocycles. The van der Waals surface area contributed by atoms with Gasteiger partial charge in [0.15, 0.2) is 4.34 Å². The smallest absolute Gasteiger partial charge is 0.234 e. The minimum atomic E-state index is -0.145. The van der Waals surface area contributed by atoms with E-state index in [1.54, 1.807) is 23.7 Å². The van der Waals surface area contributed by atoms with Gasteiger partial charge in [-0.1, -0.05) is 46.3 Å². The molecule has 0 aliphatic rings. The Hall–Kier alpha value is -0.820. The molecule has 0 fully saturated rings. The fraction of sp³-hybridized carbons (Fsp3) is 0.100. The number of anilines is 1. The molecule has 4 nitrogen and oxygen atoms in total. The Labute approximate surface area is 122 Å². The zero-order chi connectivity index (χ0) is 13.0. The van der Waals surface area contributed by atoms with Crippen LogP contribution in [0.4, 0.5) is 5.69 Å². The normalized spacial score (nSPS) is 10.3. The van der Waals surface area contributed by atoms with Crippen LogP contribution in [0.5, 0.6) is 0 Å². The number of amides is 1. The monoisotopic (exact) mass is 319 g/mol. The van der Waals surface area contributed by atoms with Crippen molar-refractivity contribution in [3.63, 3.8) is 0 Å². The number of nitrogens with one attached hydrogen (secondary N) is 1. The molecule has 1 amide bonds. The van der Waals surface area contributed by atoms with E-state index < -0.39 is 0 Å². The summed E-state index contributed by atoms with van der Waals surface area (Å²) >= 11 is 14.4. The average molecular weight is 320 g/mol. The highest BCUT2D eigenvalue weighted by molar-refractivity contribution is 8.01. The third kappa shape index (κ3) is 4.13. The molecular formula is C10H7Cl2N3OS2. The van der Waals surface area contributed by atoms with Crippen LogP contribution in [0.15, 0.2) is 28.0 Å². The van der Waals surface area contributed by atoms with E-state index in [0.29, 0.717) is 15.7 Å². The molecule has 0 aliphatic heterocycles. The van der Waals surface area contributed by atoms with Gasteiger partial charge in [-0.15, -0.1) is 10.2 Å². The van der Waals surface area contributed by atoms with Crippen LogP contribution in [-0.4, -0.2) is 21.9 Å². The molecule has 1 N–H and O–H groups in total. The summed E-state index contributed by atoms with van der Waals surface area (Å²) < 4.78 is 0.759. The fourth-order valence-corrected chi connectivity index (χ4v) is 2.99. The van der Waals surface area contributed by atoms with Gasteiger partial charge in [-0.2, -0.15) is 0 Å². The second kappa shape index (κ2) is 6.38. The molecule has 0 unspecified atom stereocenters. The fourth-order valence-electron chi connectivity index (χ4n) is 1.18. The lowest BCUT2D eigenvalue weighted by Crippen LogP contribution is -2.13. The van der Waals surface area contributed by atoms with E-state index in [1.807, 2.05) is 0 Å². The minimum Gasteiger partial charge on any atom is -0.325 e. The van der Waals surface area contributed by atoms with Crippen LogP contribution in [0.3, 0.4) is 0 Å². The standard InChI is InChI=1S/C10H7Cl2N3OS2/c11-6-1-7(12)3-8(2-6)14-9(16)4-17-10-15-13-5-18-10/h1-3,5H,4H2,(H,14,16). The Morgan fingerprint density at radius 2 is 2.06 bits per heavy atom. The lowest BCUT2D eigenvalue weighted by Gasteiger charge is -2.05. The molecule has 0 spiro atoms. The van der Waals surface area contributed by atoms with Crippen LogP contribution in [0, 0.1) is 0 Å². The average Bonchev–Trinajstić information content (AvgIpc) is 2.77. The maximum atomic E-state index is 11.7. The van der Waals surface area contributed by atoms with Crippen molar-refractivity contribution in [1.29, 1.82) is 0 Å². The third-order valence-electron chi connectivity index (χ3n) is 1.81. The van der Waals surface area contributed by atoms with Crippen molar-refractivity contribution in [3.05, 3.63) is 33.8 Å². The molecule has 94 valence electrons. The summed E-state index contributed by atoms with van der Waals surface area (Å²) in [6, 6.07) is 4.89. The van der Waals surface area contributed by atoms with Gasteiger partial charge in [0, 0.05) is 15.7 Å². The number of nitrogens with zero attached hydrogens (tertiary/aromatic N) is 2. The summed E-state index contributed by atoms with van der Waals surface area (Å²) in [5, 5.41) is 11.2. The highest BCUT2D eigenvalue weighted by Crippen LogP contribution is 2.23. The van der Waals surface area contributed by atoms with Gasteiger partial charge >= 0.3 is 0 Å². The number of rotatable bonds is 4. The lowest BCUT2D eigenvalue weighted by atomic mass is 10.3. The highest BCUT2D eigenvalue weighted by atomic mass is 35.5. The summed E-state index contributed by atoms with van der Waals surface area (Å²) in [5.41, 5.74) is 2.20. The van der Waals surface area contributed by atoms with Gasteiger partial charge in [-0.05, 0) is 18.2 Å². The van der Waals surface area contributed by atoms with E-state index >= 15 is 0 Å². The Morgan fingerprint density at radius 1 is 1.33 bits per heavy atom. The van der Waals surface area contributed by atoms with Crippen LogP contribution in [0.25, 0.3) is 0 Å². The summed E-state index contributed by atoms with van der Waals surface area (Å²) in [5.74, 6) is 0.118. The Morgan fingerprint density at radius 3 is 2.67 bits per heavy atom. The molecule has 1 aromatic heterocycles. The number of carbonyl (C=O) groups is 1. The molecule has 18 heavy (non-hydrogen) atoms. The number of carbonyl (C=O) groups excluding carboxylic acids is 1. The predicted octanol–water partition coefficient (Wildman–Crippen LogP) is 3.58. The molecule has 1 aromatic carbocycles. The molecule has 2 aromatic rings. The number of thioether (sulfide) groups is 1. The van der Waals surface area contributed by atoms with E-state index in [-0.39, 0.29) is 11.7 Å². The largest absolute Gasteiger partial charge is 0.325 e. The van der Waals surface area contributed by atoms with Crippen molar-refractivity contribution in [1.82, 2.24) is 10.2 Å². The zero-order valence-corrected chi connectivity index (χ0v) is 12.0. The van der Waals surface area contributed by atoms with Crippen molar-refractivity contribution < 1.29 is 4.79 Å². The maximum absolute atomic E-state index is 11.7. The lowest BCUT2D eigenvalue weighted by molar-refractivity contribution is -0.113. The molecule has 1 heterocycles. The summed E-state index contributed by atoms with van der Waals surface area (Å²) in [6.07, 6.45) is 0. The van der Waals surface area contributed by atoms with Gasteiger partial charge in [-0.25, -0.2) is 0 Å². The van der Waals surface area contributed by atoms with Crippen LogP contribution >= 0.6 is 46.3 Å². The Kier molecular flexibility index (Phi) is 4.82. The van der Waals surface area contributed by atoms with Gasteiger partial charge in [0.05, 0.1) is 5.75 Å². The first-order valence-electron chi connectivity index (χ1n) is 4.78. The third-order valence-corrected chi connectivity index (χ3v) is 4.11. The predicted molar refractivity (Wildman–Crippen MR) is 75.7 cm³/mol.